The molecule has 1 aromatic carbocycles. The van der Waals surface area contributed by atoms with E-state index in [1.807, 2.05) is 0 Å². The largest absolute Gasteiger partial charge is 0.466 e. The fourth-order valence-electron chi connectivity index (χ4n) is 1.29. The van der Waals surface area contributed by atoms with Gasteiger partial charge in [0, 0.05) is 5.56 Å². The molecule has 1 atom stereocenters. The molecule has 17 heavy (non-hydrogen) atoms. The summed E-state index contributed by atoms with van der Waals surface area (Å²) in [4.78, 5) is 11.0. The number of benzene rings is 1. The Labute approximate surface area is 95.8 Å². The highest BCUT2D eigenvalue weighted by atomic mass is 19.2. The Morgan fingerprint density at radius 2 is 2.00 bits per heavy atom. The second-order valence-corrected chi connectivity index (χ2v) is 3.29. The van der Waals surface area contributed by atoms with Crippen molar-refractivity contribution in [1.29, 1.82) is 0 Å². The van der Waals surface area contributed by atoms with E-state index in [2.05, 4.69) is 4.74 Å². The fraction of sp³-hybridized carbons (Fsp3) is 0.364. The summed E-state index contributed by atoms with van der Waals surface area (Å²) in [5, 5.41) is 9.48. The van der Waals surface area contributed by atoms with Crippen molar-refractivity contribution >= 4 is 5.97 Å². The Balaban J connectivity index is 2.86. The van der Waals surface area contributed by atoms with Gasteiger partial charge >= 0.3 is 5.97 Å². The average molecular weight is 248 g/mol. The molecule has 0 saturated heterocycles. The number of halogens is 3. The number of hydrogen-bond donors (Lipinski definition) is 1. The van der Waals surface area contributed by atoms with Crippen LogP contribution in [0, 0.1) is 17.5 Å². The molecule has 0 heterocycles. The van der Waals surface area contributed by atoms with Crippen LogP contribution in [0.4, 0.5) is 13.2 Å². The molecular formula is C11H11F3O3. The lowest BCUT2D eigenvalue weighted by atomic mass is 10.1. The monoisotopic (exact) mass is 248 g/mol. The predicted octanol–water partition coefficient (Wildman–Crippen LogP) is 2.09. The molecule has 94 valence electrons. The number of ether oxygens (including phenoxy) is 1. The SMILES string of the molecule is CCOC(=O)CC(O)c1ccc(F)c(F)c1F. The highest BCUT2D eigenvalue weighted by Gasteiger charge is 2.21. The lowest BCUT2D eigenvalue weighted by Gasteiger charge is -2.11. The van der Waals surface area contributed by atoms with Gasteiger partial charge in [-0.05, 0) is 13.0 Å². The molecule has 0 bridgehead atoms. The van der Waals surface area contributed by atoms with E-state index in [0.29, 0.717) is 6.07 Å². The molecule has 0 aliphatic carbocycles. The summed E-state index contributed by atoms with van der Waals surface area (Å²) in [7, 11) is 0. The van der Waals surface area contributed by atoms with Gasteiger partial charge < -0.3 is 9.84 Å². The molecule has 1 rings (SSSR count). The Morgan fingerprint density at radius 1 is 1.35 bits per heavy atom. The van der Waals surface area contributed by atoms with Crippen LogP contribution in [0.5, 0.6) is 0 Å². The number of esters is 1. The molecule has 0 fully saturated rings. The first-order valence-corrected chi connectivity index (χ1v) is 4.94. The van der Waals surface area contributed by atoms with Crippen molar-refractivity contribution < 1.29 is 27.8 Å². The maximum Gasteiger partial charge on any atom is 0.308 e. The van der Waals surface area contributed by atoms with Gasteiger partial charge in [-0.25, -0.2) is 13.2 Å². The summed E-state index contributed by atoms with van der Waals surface area (Å²) in [6.45, 7) is 1.69. The molecule has 0 aliphatic rings. The van der Waals surface area contributed by atoms with E-state index < -0.39 is 41.5 Å². The van der Waals surface area contributed by atoms with Gasteiger partial charge in [-0.3, -0.25) is 4.79 Å². The molecular weight excluding hydrogens is 237 g/mol. The third-order valence-corrected chi connectivity index (χ3v) is 2.09. The van der Waals surface area contributed by atoms with Crippen molar-refractivity contribution in [2.24, 2.45) is 0 Å². The minimum atomic E-state index is -1.68. The number of rotatable bonds is 4. The minimum absolute atomic E-state index is 0.117. The van der Waals surface area contributed by atoms with Crippen LogP contribution in [0.1, 0.15) is 25.0 Å². The van der Waals surface area contributed by atoms with Crippen molar-refractivity contribution in [1.82, 2.24) is 0 Å². The van der Waals surface area contributed by atoms with Gasteiger partial charge in [0.25, 0.3) is 0 Å². The Kier molecular flexibility index (Phi) is 4.51. The molecule has 0 amide bonds. The molecule has 0 aliphatic heterocycles. The topological polar surface area (TPSA) is 46.5 Å². The van der Waals surface area contributed by atoms with Gasteiger partial charge in [0.05, 0.1) is 19.1 Å². The number of aliphatic hydroxyl groups excluding tert-OH is 1. The van der Waals surface area contributed by atoms with Crippen molar-refractivity contribution in [3.8, 4) is 0 Å². The van der Waals surface area contributed by atoms with Crippen molar-refractivity contribution in [2.45, 2.75) is 19.4 Å². The van der Waals surface area contributed by atoms with E-state index >= 15 is 0 Å². The van der Waals surface area contributed by atoms with Crippen LogP contribution in [0.15, 0.2) is 12.1 Å². The zero-order valence-electron chi connectivity index (χ0n) is 9.04. The number of hydrogen-bond acceptors (Lipinski definition) is 3. The second-order valence-electron chi connectivity index (χ2n) is 3.29. The average Bonchev–Trinajstić information content (AvgIpc) is 2.26. The third kappa shape index (κ3) is 3.20. The van der Waals surface area contributed by atoms with Gasteiger partial charge in [0.1, 0.15) is 0 Å². The van der Waals surface area contributed by atoms with Gasteiger partial charge in [-0.15, -0.1) is 0 Å². The van der Waals surface area contributed by atoms with Gasteiger partial charge in [0.15, 0.2) is 17.5 Å². The summed E-state index contributed by atoms with van der Waals surface area (Å²) < 4.78 is 43.2. The fourth-order valence-corrected chi connectivity index (χ4v) is 1.29. The van der Waals surface area contributed by atoms with E-state index in [0.717, 1.165) is 6.07 Å². The molecule has 1 unspecified atom stereocenters. The van der Waals surface area contributed by atoms with Crippen molar-refractivity contribution in [3.05, 3.63) is 35.1 Å². The lowest BCUT2D eigenvalue weighted by Crippen LogP contribution is -2.12. The van der Waals surface area contributed by atoms with Crippen molar-refractivity contribution in [3.63, 3.8) is 0 Å². The van der Waals surface area contributed by atoms with E-state index in [-0.39, 0.29) is 6.61 Å². The quantitative estimate of drug-likeness (QED) is 0.655. The summed E-state index contributed by atoms with van der Waals surface area (Å²) >= 11 is 0. The van der Waals surface area contributed by atoms with Crippen LogP contribution in [-0.4, -0.2) is 17.7 Å². The first kappa shape index (κ1) is 13.5. The highest BCUT2D eigenvalue weighted by Crippen LogP contribution is 2.23. The summed E-state index contributed by atoms with van der Waals surface area (Å²) in [5.74, 6) is -5.27. The van der Waals surface area contributed by atoms with E-state index in [9.17, 15) is 23.1 Å². The van der Waals surface area contributed by atoms with Crippen LogP contribution in [-0.2, 0) is 9.53 Å². The van der Waals surface area contributed by atoms with E-state index in [1.54, 1.807) is 6.92 Å². The lowest BCUT2D eigenvalue weighted by molar-refractivity contribution is -0.145. The standard InChI is InChI=1S/C11H11F3O3/c1-2-17-9(16)5-8(15)6-3-4-7(12)11(14)10(6)13/h3-4,8,15H,2,5H2,1H3. The Bertz CT molecular complexity index is 421. The normalized spacial score (nSPS) is 12.3. The molecule has 1 N–H and O–H groups in total. The van der Waals surface area contributed by atoms with Crippen LogP contribution in [0.3, 0.4) is 0 Å². The van der Waals surface area contributed by atoms with Gasteiger partial charge in [-0.2, -0.15) is 0 Å². The molecule has 3 nitrogen and oxygen atoms in total. The molecule has 0 radical (unpaired) electrons. The number of aliphatic hydroxyl groups is 1. The highest BCUT2D eigenvalue weighted by molar-refractivity contribution is 5.70. The smallest absolute Gasteiger partial charge is 0.308 e. The van der Waals surface area contributed by atoms with Crippen LogP contribution >= 0.6 is 0 Å². The van der Waals surface area contributed by atoms with Crippen LogP contribution in [0.25, 0.3) is 0 Å². The minimum Gasteiger partial charge on any atom is -0.466 e. The summed E-state index contributed by atoms with van der Waals surface area (Å²) in [6, 6.07) is 1.57. The van der Waals surface area contributed by atoms with E-state index in [4.69, 9.17) is 0 Å². The molecule has 6 heteroatoms. The maximum atomic E-state index is 13.2. The summed E-state index contributed by atoms with van der Waals surface area (Å²) in [5.41, 5.74) is -0.475. The zero-order chi connectivity index (χ0) is 13.0. The first-order valence-electron chi connectivity index (χ1n) is 4.94. The zero-order valence-corrected chi connectivity index (χ0v) is 9.04. The molecule has 1 aromatic rings. The van der Waals surface area contributed by atoms with Crippen LogP contribution in [0.2, 0.25) is 0 Å². The molecule has 0 spiro atoms. The van der Waals surface area contributed by atoms with Crippen molar-refractivity contribution in [2.75, 3.05) is 6.61 Å². The van der Waals surface area contributed by atoms with E-state index in [1.165, 1.54) is 0 Å². The molecule has 0 saturated carbocycles. The van der Waals surface area contributed by atoms with Gasteiger partial charge in [0.2, 0.25) is 0 Å². The molecule has 0 aromatic heterocycles. The first-order chi connectivity index (χ1) is 7.97. The van der Waals surface area contributed by atoms with Crippen LogP contribution < -0.4 is 0 Å². The Hall–Kier alpha value is -1.56. The summed E-state index contributed by atoms with van der Waals surface area (Å²) in [6.07, 6.45) is -2.08. The Morgan fingerprint density at radius 3 is 2.59 bits per heavy atom. The maximum absolute atomic E-state index is 13.2. The van der Waals surface area contributed by atoms with Gasteiger partial charge in [-0.1, -0.05) is 6.07 Å². The third-order valence-electron chi connectivity index (χ3n) is 2.09. The number of carbonyl (C=O) groups excluding carboxylic acids is 1. The number of carbonyl (C=O) groups is 1. The second kappa shape index (κ2) is 5.67. The predicted molar refractivity (Wildman–Crippen MR) is 52.5 cm³/mol.